The summed E-state index contributed by atoms with van der Waals surface area (Å²) in [5.74, 6) is -2.27. The molecule has 0 aromatic carbocycles. The molecule has 0 radical (unpaired) electrons. The summed E-state index contributed by atoms with van der Waals surface area (Å²) in [6.45, 7) is 2.01. The van der Waals surface area contributed by atoms with Gasteiger partial charge < -0.3 is 21.9 Å². The zero-order chi connectivity index (χ0) is 14.6. The molecule has 1 rings (SSSR count). The van der Waals surface area contributed by atoms with Crippen molar-refractivity contribution < 1.29 is 19.5 Å². The van der Waals surface area contributed by atoms with Crippen LogP contribution in [0.4, 0.5) is 0 Å². The number of hydrogen-bond acceptors (Lipinski definition) is 4. The Balaban J connectivity index is 2.70. The van der Waals surface area contributed by atoms with Crippen molar-refractivity contribution in [3.05, 3.63) is 0 Å². The van der Waals surface area contributed by atoms with E-state index < -0.39 is 35.8 Å². The Kier molecular flexibility index (Phi) is 4.88. The van der Waals surface area contributed by atoms with Gasteiger partial charge in [0, 0.05) is 0 Å². The van der Waals surface area contributed by atoms with Crippen LogP contribution >= 0.6 is 0 Å². The fourth-order valence-electron chi connectivity index (χ4n) is 2.50. The van der Waals surface area contributed by atoms with Gasteiger partial charge in [-0.3, -0.25) is 9.59 Å². The number of carbonyl (C=O) groups excluding carboxylic acids is 2. The third-order valence-electron chi connectivity index (χ3n) is 3.49. The number of primary amides is 1. The van der Waals surface area contributed by atoms with Crippen LogP contribution in [-0.2, 0) is 14.4 Å². The predicted molar refractivity (Wildman–Crippen MR) is 67.9 cm³/mol. The summed E-state index contributed by atoms with van der Waals surface area (Å²) in [4.78, 5) is 33.8. The zero-order valence-corrected chi connectivity index (χ0v) is 11.0. The van der Waals surface area contributed by atoms with Gasteiger partial charge in [0.15, 0.2) is 0 Å². The first-order valence-electron chi connectivity index (χ1n) is 6.35. The maximum atomic E-state index is 12.1. The van der Waals surface area contributed by atoms with Crippen LogP contribution in [0.15, 0.2) is 0 Å². The summed E-state index contributed by atoms with van der Waals surface area (Å²) in [6.07, 6.45) is 2.44. The molecule has 7 heteroatoms. The van der Waals surface area contributed by atoms with Gasteiger partial charge in [-0.05, 0) is 18.8 Å². The molecule has 0 aromatic heterocycles. The quantitative estimate of drug-likeness (QED) is 0.526. The molecule has 1 aliphatic carbocycles. The van der Waals surface area contributed by atoms with E-state index in [4.69, 9.17) is 16.6 Å². The number of amides is 2. The van der Waals surface area contributed by atoms with Crippen LogP contribution in [0.1, 0.15) is 39.0 Å². The molecular weight excluding hydrogens is 250 g/mol. The number of carboxylic acid groups (broad SMARTS) is 1. The van der Waals surface area contributed by atoms with Crippen molar-refractivity contribution in [3.8, 4) is 0 Å². The minimum absolute atomic E-state index is 0.323. The topological polar surface area (TPSA) is 136 Å². The molecule has 7 nitrogen and oxygen atoms in total. The lowest BCUT2D eigenvalue weighted by atomic mass is 9.76. The van der Waals surface area contributed by atoms with Crippen LogP contribution in [0.2, 0.25) is 0 Å². The van der Waals surface area contributed by atoms with Gasteiger partial charge >= 0.3 is 5.97 Å². The van der Waals surface area contributed by atoms with E-state index in [2.05, 4.69) is 5.32 Å². The van der Waals surface area contributed by atoms with Crippen molar-refractivity contribution in [2.24, 2.45) is 17.4 Å². The van der Waals surface area contributed by atoms with E-state index in [1.807, 2.05) is 6.92 Å². The average molecular weight is 271 g/mol. The predicted octanol–water partition coefficient (Wildman–Crippen LogP) is -0.661. The highest BCUT2D eigenvalue weighted by atomic mass is 16.4. The average Bonchev–Trinajstić information content (AvgIpc) is 2.26. The van der Waals surface area contributed by atoms with E-state index in [9.17, 15) is 14.4 Å². The van der Waals surface area contributed by atoms with Gasteiger partial charge in [-0.2, -0.15) is 0 Å². The molecule has 6 N–H and O–H groups in total. The Morgan fingerprint density at radius 1 is 1.47 bits per heavy atom. The van der Waals surface area contributed by atoms with Crippen molar-refractivity contribution in [2.45, 2.75) is 50.6 Å². The molecule has 0 heterocycles. The molecular formula is C12H21N3O4. The standard InChI is InChI=1S/C12H21N3O4/c1-7-3-2-4-12(14,6-7)11(19)15-8(10(17)18)5-9(13)16/h7-8H,2-6,14H2,1H3,(H2,13,16)(H,15,19)(H,17,18)/t7?,8-,12?/m0/s1. The lowest BCUT2D eigenvalue weighted by Gasteiger charge is -2.36. The minimum Gasteiger partial charge on any atom is -0.480 e. The number of aliphatic carboxylic acids is 1. The molecule has 1 fully saturated rings. The van der Waals surface area contributed by atoms with Gasteiger partial charge in [0.25, 0.3) is 0 Å². The molecule has 0 saturated heterocycles. The first kappa shape index (κ1) is 15.4. The number of carboxylic acids is 1. The van der Waals surface area contributed by atoms with Gasteiger partial charge in [-0.25, -0.2) is 4.79 Å². The maximum absolute atomic E-state index is 12.1. The summed E-state index contributed by atoms with van der Waals surface area (Å²) in [5.41, 5.74) is 9.95. The first-order valence-corrected chi connectivity index (χ1v) is 6.35. The number of carbonyl (C=O) groups is 3. The van der Waals surface area contributed by atoms with Crippen molar-refractivity contribution in [1.82, 2.24) is 5.32 Å². The Labute approximate surface area is 111 Å². The summed E-state index contributed by atoms with van der Waals surface area (Å²) >= 11 is 0. The SMILES string of the molecule is CC1CCCC(N)(C(=O)N[C@@H](CC(N)=O)C(=O)O)C1. The Morgan fingerprint density at radius 2 is 2.11 bits per heavy atom. The van der Waals surface area contributed by atoms with Gasteiger partial charge in [0.2, 0.25) is 11.8 Å². The highest BCUT2D eigenvalue weighted by molar-refractivity contribution is 5.92. The van der Waals surface area contributed by atoms with Gasteiger partial charge in [0.1, 0.15) is 6.04 Å². The fraction of sp³-hybridized carbons (Fsp3) is 0.750. The van der Waals surface area contributed by atoms with E-state index >= 15 is 0 Å². The van der Waals surface area contributed by atoms with Crippen LogP contribution in [0.3, 0.4) is 0 Å². The second-order valence-corrected chi connectivity index (χ2v) is 5.39. The summed E-state index contributed by atoms with van der Waals surface area (Å²) < 4.78 is 0. The molecule has 0 bridgehead atoms. The summed E-state index contributed by atoms with van der Waals surface area (Å²) in [7, 11) is 0. The highest BCUT2D eigenvalue weighted by Crippen LogP contribution is 2.30. The van der Waals surface area contributed by atoms with Crippen LogP contribution in [0, 0.1) is 5.92 Å². The molecule has 0 spiro atoms. The number of rotatable bonds is 5. The third kappa shape index (κ3) is 4.20. The van der Waals surface area contributed by atoms with Gasteiger partial charge in [-0.1, -0.05) is 19.8 Å². The van der Waals surface area contributed by atoms with E-state index in [1.165, 1.54) is 0 Å². The van der Waals surface area contributed by atoms with E-state index in [0.29, 0.717) is 18.8 Å². The van der Waals surface area contributed by atoms with Crippen molar-refractivity contribution in [3.63, 3.8) is 0 Å². The fourth-order valence-corrected chi connectivity index (χ4v) is 2.50. The van der Waals surface area contributed by atoms with Crippen LogP contribution in [-0.4, -0.2) is 34.5 Å². The lowest BCUT2D eigenvalue weighted by molar-refractivity contribution is -0.144. The normalized spacial score (nSPS) is 28.4. The molecule has 1 saturated carbocycles. The number of nitrogens with one attached hydrogen (secondary N) is 1. The van der Waals surface area contributed by atoms with Gasteiger partial charge in [0.05, 0.1) is 12.0 Å². The molecule has 2 unspecified atom stereocenters. The van der Waals surface area contributed by atoms with Crippen molar-refractivity contribution in [1.29, 1.82) is 0 Å². The molecule has 108 valence electrons. The second-order valence-electron chi connectivity index (χ2n) is 5.39. The first-order chi connectivity index (χ1) is 8.74. The summed E-state index contributed by atoms with van der Waals surface area (Å²) in [6, 6.07) is -1.32. The molecule has 2 amide bonds. The molecule has 0 aromatic rings. The minimum atomic E-state index is -1.32. The largest absolute Gasteiger partial charge is 0.480 e. The van der Waals surface area contributed by atoms with Crippen LogP contribution in [0.25, 0.3) is 0 Å². The second kappa shape index (κ2) is 6.01. The zero-order valence-electron chi connectivity index (χ0n) is 11.0. The summed E-state index contributed by atoms with van der Waals surface area (Å²) in [5, 5.41) is 11.3. The Hall–Kier alpha value is -1.63. The molecule has 19 heavy (non-hydrogen) atoms. The van der Waals surface area contributed by atoms with Crippen LogP contribution in [0.5, 0.6) is 0 Å². The smallest absolute Gasteiger partial charge is 0.326 e. The highest BCUT2D eigenvalue weighted by Gasteiger charge is 2.39. The van der Waals surface area contributed by atoms with Crippen LogP contribution < -0.4 is 16.8 Å². The van der Waals surface area contributed by atoms with Gasteiger partial charge in [-0.15, -0.1) is 0 Å². The van der Waals surface area contributed by atoms with E-state index in [-0.39, 0.29) is 0 Å². The molecule has 1 aliphatic rings. The van der Waals surface area contributed by atoms with E-state index in [0.717, 1.165) is 12.8 Å². The van der Waals surface area contributed by atoms with Crippen molar-refractivity contribution in [2.75, 3.05) is 0 Å². The third-order valence-corrected chi connectivity index (χ3v) is 3.49. The lowest BCUT2D eigenvalue weighted by Crippen LogP contribution is -2.59. The van der Waals surface area contributed by atoms with Crippen molar-refractivity contribution >= 4 is 17.8 Å². The Bertz CT molecular complexity index is 385. The molecule has 0 aliphatic heterocycles. The number of nitrogens with two attached hydrogens (primary N) is 2. The monoisotopic (exact) mass is 271 g/mol. The maximum Gasteiger partial charge on any atom is 0.326 e. The molecule has 3 atom stereocenters. The Morgan fingerprint density at radius 3 is 2.58 bits per heavy atom. The number of hydrogen-bond donors (Lipinski definition) is 4. The van der Waals surface area contributed by atoms with E-state index in [1.54, 1.807) is 0 Å².